The molecule has 0 aromatic heterocycles. The molecule has 6 nitrogen and oxygen atoms in total. The van der Waals surface area contributed by atoms with Crippen molar-refractivity contribution in [3.63, 3.8) is 0 Å². The summed E-state index contributed by atoms with van der Waals surface area (Å²) in [6.45, 7) is 4.29. The molecule has 0 amide bonds. The van der Waals surface area contributed by atoms with Gasteiger partial charge in [0.2, 0.25) is 0 Å². The van der Waals surface area contributed by atoms with Gasteiger partial charge in [-0.3, -0.25) is 9.69 Å². The van der Waals surface area contributed by atoms with Crippen LogP contribution in [0.25, 0.3) is 12.2 Å². The number of aryl methyl sites for hydroxylation is 1. The molecule has 0 unspecified atom stereocenters. The number of Topliss-reactive ketones (excluding diaryl/α,β-unsaturated/α-hetero) is 1. The number of likely N-dealkylation sites (tertiary alicyclic amines) is 1. The zero-order valence-corrected chi connectivity index (χ0v) is 25.4. The van der Waals surface area contributed by atoms with E-state index in [1.54, 1.807) is 14.2 Å². The van der Waals surface area contributed by atoms with Gasteiger partial charge in [-0.25, -0.2) is 0 Å². The van der Waals surface area contributed by atoms with Crippen LogP contribution < -0.4 is 9.47 Å². The zero-order chi connectivity index (χ0) is 27.8. The van der Waals surface area contributed by atoms with E-state index in [0.29, 0.717) is 24.6 Å². The Balaban J connectivity index is 1.66. The number of carbonyl (C=O) groups is 1. The molecule has 0 spiro atoms. The van der Waals surface area contributed by atoms with Crippen LogP contribution in [0.5, 0.6) is 11.5 Å². The predicted molar refractivity (Wildman–Crippen MR) is 161 cm³/mol. The molecule has 1 fully saturated rings. The van der Waals surface area contributed by atoms with Gasteiger partial charge < -0.3 is 18.9 Å². The lowest BCUT2D eigenvalue weighted by molar-refractivity contribution is -0.113. The average molecular weight is 657 g/mol. The minimum Gasteiger partial charge on any atom is -0.466 e. The smallest absolute Gasteiger partial charge is 0.188 e. The highest BCUT2D eigenvalue weighted by Crippen LogP contribution is 2.31. The van der Waals surface area contributed by atoms with Crippen LogP contribution in [0.1, 0.15) is 22.3 Å². The van der Waals surface area contributed by atoms with E-state index in [-0.39, 0.29) is 19.4 Å². The summed E-state index contributed by atoms with van der Waals surface area (Å²) in [6.07, 6.45) is 3.92. The van der Waals surface area contributed by atoms with Crippen molar-refractivity contribution in [2.45, 2.75) is 13.5 Å². The lowest BCUT2D eigenvalue weighted by Gasteiger charge is -2.30. The Hall–Kier alpha value is -2.75. The minimum absolute atomic E-state index is 0.0442. The third-order valence-electron chi connectivity index (χ3n) is 6.28. The van der Waals surface area contributed by atoms with Gasteiger partial charge in [-0.2, -0.15) is 0 Å². The van der Waals surface area contributed by atoms with Gasteiger partial charge in [0.25, 0.3) is 0 Å². The second-order valence-electron chi connectivity index (χ2n) is 9.22. The Labute approximate surface area is 246 Å². The summed E-state index contributed by atoms with van der Waals surface area (Å²) >= 11 is 7.13. The summed E-state index contributed by atoms with van der Waals surface area (Å²) in [5.74, 6) is 1.40. The highest BCUT2D eigenvalue weighted by molar-refractivity contribution is 9.10. The summed E-state index contributed by atoms with van der Waals surface area (Å²) in [5.41, 5.74) is 5.77. The van der Waals surface area contributed by atoms with Crippen LogP contribution in [0, 0.1) is 6.92 Å². The fraction of sp³-hybridized carbons (Fsp3) is 0.258. The third kappa shape index (κ3) is 7.90. The van der Waals surface area contributed by atoms with Crippen molar-refractivity contribution < 1.29 is 23.7 Å². The zero-order valence-electron chi connectivity index (χ0n) is 22.2. The number of methoxy groups -OCH3 is 2. The first-order chi connectivity index (χ1) is 18.9. The maximum atomic E-state index is 13.7. The van der Waals surface area contributed by atoms with Gasteiger partial charge >= 0.3 is 0 Å². The van der Waals surface area contributed by atoms with Crippen molar-refractivity contribution in [1.82, 2.24) is 4.90 Å². The standard InChI is InChI=1S/C31H31Br2NO5/c1-21-6-4-5-7-24(21)16-34-17-25(12-22-8-10-29(27(32)14-22)38-19-36-2)31(35)26(18-34)13-23-9-11-30(28(33)15-23)39-20-37-3/h4-15H,16-20H2,1-3H3/b25-12+,26-13+. The summed E-state index contributed by atoms with van der Waals surface area (Å²) in [6, 6.07) is 19.9. The number of rotatable bonds is 10. The quantitative estimate of drug-likeness (QED) is 0.172. The van der Waals surface area contributed by atoms with E-state index in [1.807, 2.05) is 54.6 Å². The average Bonchev–Trinajstić information content (AvgIpc) is 2.91. The van der Waals surface area contributed by atoms with Crippen molar-refractivity contribution in [3.8, 4) is 11.5 Å². The Morgan fingerprint density at radius 2 is 1.31 bits per heavy atom. The Kier molecular flexibility index (Phi) is 10.5. The van der Waals surface area contributed by atoms with Crippen LogP contribution in [0.2, 0.25) is 0 Å². The second-order valence-corrected chi connectivity index (χ2v) is 10.9. The van der Waals surface area contributed by atoms with Gasteiger partial charge in [0.15, 0.2) is 19.4 Å². The van der Waals surface area contributed by atoms with Crippen molar-refractivity contribution in [2.75, 3.05) is 40.9 Å². The van der Waals surface area contributed by atoms with Crippen molar-refractivity contribution in [2.24, 2.45) is 0 Å². The molecule has 1 aliphatic heterocycles. The summed E-state index contributed by atoms with van der Waals surface area (Å²) < 4.78 is 22.7. The molecular weight excluding hydrogens is 626 g/mol. The van der Waals surface area contributed by atoms with E-state index in [2.05, 4.69) is 61.9 Å². The monoisotopic (exact) mass is 655 g/mol. The van der Waals surface area contributed by atoms with Crippen molar-refractivity contribution >= 4 is 49.8 Å². The van der Waals surface area contributed by atoms with E-state index >= 15 is 0 Å². The van der Waals surface area contributed by atoms with E-state index in [1.165, 1.54) is 11.1 Å². The number of carbonyl (C=O) groups excluding carboxylic acids is 1. The molecule has 8 heteroatoms. The fourth-order valence-corrected chi connectivity index (χ4v) is 5.37. The Morgan fingerprint density at radius 1 is 0.795 bits per heavy atom. The molecule has 0 atom stereocenters. The maximum absolute atomic E-state index is 13.7. The van der Waals surface area contributed by atoms with Crippen molar-refractivity contribution in [1.29, 1.82) is 0 Å². The largest absolute Gasteiger partial charge is 0.466 e. The topological polar surface area (TPSA) is 57.2 Å². The molecule has 0 N–H and O–H groups in total. The van der Waals surface area contributed by atoms with Crippen LogP contribution in [0.15, 0.2) is 80.8 Å². The van der Waals surface area contributed by atoms with Crippen LogP contribution in [-0.2, 0) is 20.8 Å². The molecule has 4 rings (SSSR count). The second kappa shape index (κ2) is 14.1. The van der Waals surface area contributed by atoms with Crippen LogP contribution in [0.3, 0.4) is 0 Å². The Bertz CT molecular complexity index is 1310. The lowest BCUT2D eigenvalue weighted by atomic mass is 9.93. The first-order valence-electron chi connectivity index (χ1n) is 12.4. The molecule has 204 valence electrons. The summed E-state index contributed by atoms with van der Waals surface area (Å²) in [5, 5.41) is 0. The van der Waals surface area contributed by atoms with Gasteiger partial charge in [-0.15, -0.1) is 0 Å². The van der Waals surface area contributed by atoms with E-state index in [4.69, 9.17) is 18.9 Å². The van der Waals surface area contributed by atoms with Crippen LogP contribution >= 0.6 is 31.9 Å². The molecule has 0 radical (unpaired) electrons. The molecule has 1 saturated heterocycles. The number of hydrogen-bond donors (Lipinski definition) is 0. The maximum Gasteiger partial charge on any atom is 0.188 e. The van der Waals surface area contributed by atoms with E-state index < -0.39 is 0 Å². The molecule has 39 heavy (non-hydrogen) atoms. The Morgan fingerprint density at radius 3 is 1.77 bits per heavy atom. The number of benzene rings is 3. The molecule has 0 aliphatic carbocycles. The number of ether oxygens (including phenoxy) is 4. The first kappa shape index (κ1) is 29.2. The molecule has 3 aromatic rings. The van der Waals surface area contributed by atoms with Gasteiger partial charge in [-0.1, -0.05) is 36.4 Å². The summed E-state index contributed by atoms with van der Waals surface area (Å²) in [4.78, 5) is 16.0. The number of hydrogen-bond acceptors (Lipinski definition) is 6. The SMILES string of the molecule is COCOc1ccc(/C=C2\CN(Cc3ccccc3C)C/C(=C\c3ccc(OCOC)c(Br)c3)C2=O)cc1Br. The molecule has 3 aromatic carbocycles. The predicted octanol–water partition coefficient (Wildman–Crippen LogP) is 7.04. The minimum atomic E-state index is 0.0442. The fourth-order valence-electron chi connectivity index (χ4n) is 4.35. The lowest BCUT2D eigenvalue weighted by Crippen LogP contribution is -2.37. The molecule has 1 heterocycles. The molecule has 0 saturated carbocycles. The first-order valence-corrected chi connectivity index (χ1v) is 14.0. The number of ketones is 1. The third-order valence-corrected chi connectivity index (χ3v) is 7.52. The normalized spacial score (nSPS) is 16.2. The highest BCUT2D eigenvalue weighted by atomic mass is 79.9. The molecule has 1 aliphatic rings. The number of piperidine rings is 1. The summed E-state index contributed by atoms with van der Waals surface area (Å²) in [7, 11) is 3.16. The van der Waals surface area contributed by atoms with E-state index in [9.17, 15) is 4.79 Å². The van der Waals surface area contributed by atoms with Gasteiger partial charge in [0.1, 0.15) is 11.5 Å². The number of nitrogens with zero attached hydrogens (tertiary/aromatic N) is 1. The molecular formula is C31H31Br2NO5. The van der Waals surface area contributed by atoms with E-state index in [0.717, 1.165) is 37.8 Å². The van der Waals surface area contributed by atoms with Gasteiger partial charge in [0, 0.05) is 45.0 Å². The molecule has 0 bridgehead atoms. The van der Waals surface area contributed by atoms with Gasteiger partial charge in [-0.05, 0) is 97.5 Å². The van der Waals surface area contributed by atoms with Crippen LogP contribution in [-0.4, -0.2) is 51.6 Å². The van der Waals surface area contributed by atoms with Crippen LogP contribution in [0.4, 0.5) is 0 Å². The number of halogens is 2. The van der Waals surface area contributed by atoms with Gasteiger partial charge in [0.05, 0.1) is 8.95 Å². The highest BCUT2D eigenvalue weighted by Gasteiger charge is 2.26. The van der Waals surface area contributed by atoms with Crippen molar-refractivity contribution in [3.05, 3.63) is 103 Å².